The lowest BCUT2D eigenvalue weighted by molar-refractivity contribution is -0.147. The number of nitrogens with zero attached hydrogens (tertiary/aromatic N) is 1. The van der Waals surface area contributed by atoms with E-state index >= 15 is 0 Å². The van der Waals surface area contributed by atoms with Crippen LogP contribution in [0.5, 0.6) is 0 Å². The molecule has 1 aliphatic rings. The molecule has 0 aromatic heterocycles. The summed E-state index contributed by atoms with van der Waals surface area (Å²) in [6.45, 7) is 2.84. The molecule has 4 nitrogen and oxygen atoms in total. The number of carboxylic acids is 1. The fourth-order valence-electron chi connectivity index (χ4n) is 2.37. The Hall–Kier alpha value is -1.55. The largest absolute Gasteiger partial charge is 0.481 e. The highest BCUT2D eigenvalue weighted by atomic mass is 35.5. The minimum absolute atomic E-state index is 0.299. The van der Waals surface area contributed by atoms with Crippen LogP contribution < -0.4 is 0 Å². The van der Waals surface area contributed by atoms with Crippen molar-refractivity contribution in [3.05, 3.63) is 34.9 Å². The fraction of sp³-hybridized carbons (Fsp3) is 0.385. The highest BCUT2D eigenvalue weighted by molar-refractivity contribution is 6.30. The normalized spacial score (nSPS) is 23.4. The second kappa shape index (κ2) is 4.98. The average molecular weight is 268 g/mol. The van der Waals surface area contributed by atoms with E-state index in [2.05, 4.69) is 0 Å². The van der Waals surface area contributed by atoms with Crippen molar-refractivity contribution in [2.24, 2.45) is 5.92 Å². The average Bonchev–Trinajstić information content (AvgIpc) is 2.67. The number of hydrogen-bond donors (Lipinski definition) is 1. The van der Waals surface area contributed by atoms with Gasteiger partial charge in [-0.05, 0) is 24.6 Å². The Labute approximate surface area is 110 Å². The lowest BCUT2D eigenvalue weighted by Gasteiger charge is -2.14. The van der Waals surface area contributed by atoms with Crippen LogP contribution in [0.1, 0.15) is 18.4 Å². The minimum atomic E-state index is -1.06. The number of rotatable bonds is 3. The van der Waals surface area contributed by atoms with Gasteiger partial charge in [-0.2, -0.15) is 0 Å². The molecule has 1 aromatic carbocycles. The van der Waals surface area contributed by atoms with E-state index in [-0.39, 0.29) is 11.8 Å². The van der Waals surface area contributed by atoms with Gasteiger partial charge in [0.2, 0.25) is 5.91 Å². The summed E-state index contributed by atoms with van der Waals surface area (Å²) < 4.78 is 0. The Morgan fingerprint density at radius 2 is 2.06 bits per heavy atom. The molecule has 1 aliphatic heterocycles. The highest BCUT2D eigenvalue weighted by Gasteiger charge is 2.45. The van der Waals surface area contributed by atoms with Crippen LogP contribution in [0.4, 0.5) is 0 Å². The van der Waals surface area contributed by atoms with Crippen molar-refractivity contribution in [3.8, 4) is 0 Å². The first kappa shape index (κ1) is 12.9. The molecule has 1 aromatic rings. The van der Waals surface area contributed by atoms with Crippen molar-refractivity contribution in [1.82, 2.24) is 4.90 Å². The zero-order valence-electron chi connectivity index (χ0n) is 9.97. The van der Waals surface area contributed by atoms with E-state index in [0.29, 0.717) is 18.1 Å². The molecule has 96 valence electrons. The van der Waals surface area contributed by atoms with Gasteiger partial charge in [-0.15, -0.1) is 0 Å². The molecule has 18 heavy (non-hydrogen) atoms. The number of carbonyl (C=O) groups excluding carboxylic acids is 1. The van der Waals surface area contributed by atoms with E-state index in [1.54, 1.807) is 29.2 Å². The summed E-state index contributed by atoms with van der Waals surface area (Å²) in [6.07, 6.45) is 0. The third kappa shape index (κ3) is 2.20. The van der Waals surface area contributed by atoms with Gasteiger partial charge in [0.05, 0.1) is 0 Å². The van der Waals surface area contributed by atoms with Gasteiger partial charge in [-0.3, -0.25) is 9.59 Å². The van der Waals surface area contributed by atoms with Crippen molar-refractivity contribution in [2.45, 2.75) is 12.8 Å². The van der Waals surface area contributed by atoms with Gasteiger partial charge in [-0.1, -0.05) is 23.7 Å². The summed E-state index contributed by atoms with van der Waals surface area (Å²) in [5.74, 6) is -2.64. The molecule has 0 bridgehead atoms. The van der Waals surface area contributed by atoms with Gasteiger partial charge < -0.3 is 10.0 Å². The first-order valence-corrected chi connectivity index (χ1v) is 6.19. The predicted octanol–water partition coefficient (Wildman–Crippen LogP) is 1.99. The van der Waals surface area contributed by atoms with E-state index < -0.39 is 11.9 Å². The smallest absolute Gasteiger partial charge is 0.316 e. The molecule has 1 amide bonds. The van der Waals surface area contributed by atoms with Gasteiger partial charge in [0.15, 0.2) is 0 Å². The van der Waals surface area contributed by atoms with Crippen LogP contribution in [0, 0.1) is 5.92 Å². The van der Waals surface area contributed by atoms with E-state index in [0.717, 1.165) is 5.56 Å². The summed E-state index contributed by atoms with van der Waals surface area (Å²) in [5, 5.41) is 9.81. The Morgan fingerprint density at radius 3 is 2.56 bits per heavy atom. The minimum Gasteiger partial charge on any atom is -0.481 e. The Balaban J connectivity index is 2.33. The number of likely N-dealkylation sites (N-methyl/N-ethyl adjacent to an activating group) is 1. The van der Waals surface area contributed by atoms with Crippen molar-refractivity contribution >= 4 is 23.5 Å². The van der Waals surface area contributed by atoms with E-state index in [1.165, 1.54) is 0 Å². The SMILES string of the molecule is CCN1C[C@@H](c2ccc(Cl)cc2)[C@H](C(=O)O)C1=O. The topological polar surface area (TPSA) is 57.6 Å². The molecule has 0 aliphatic carbocycles. The lowest BCUT2D eigenvalue weighted by atomic mass is 9.89. The highest BCUT2D eigenvalue weighted by Crippen LogP contribution is 2.34. The maximum Gasteiger partial charge on any atom is 0.316 e. The van der Waals surface area contributed by atoms with Crippen molar-refractivity contribution in [3.63, 3.8) is 0 Å². The molecule has 2 rings (SSSR count). The molecule has 2 atom stereocenters. The number of halogens is 1. The molecule has 1 saturated heterocycles. The number of aliphatic carboxylic acids is 1. The molecule has 0 unspecified atom stereocenters. The maximum absolute atomic E-state index is 11.9. The lowest BCUT2D eigenvalue weighted by Crippen LogP contribution is -2.30. The van der Waals surface area contributed by atoms with Crippen LogP contribution in [-0.2, 0) is 9.59 Å². The van der Waals surface area contributed by atoms with Crippen LogP contribution in [-0.4, -0.2) is 35.0 Å². The molecular weight excluding hydrogens is 254 g/mol. The van der Waals surface area contributed by atoms with Gasteiger partial charge in [0, 0.05) is 24.0 Å². The van der Waals surface area contributed by atoms with E-state index in [9.17, 15) is 14.7 Å². The molecule has 0 radical (unpaired) electrons. The molecule has 1 heterocycles. The maximum atomic E-state index is 11.9. The van der Waals surface area contributed by atoms with Crippen LogP contribution in [0.15, 0.2) is 24.3 Å². The van der Waals surface area contributed by atoms with Crippen LogP contribution in [0.3, 0.4) is 0 Å². The second-order valence-electron chi connectivity index (χ2n) is 4.35. The Bertz CT molecular complexity index is 472. The molecule has 0 spiro atoms. The summed E-state index contributed by atoms with van der Waals surface area (Å²) in [5.41, 5.74) is 0.844. The van der Waals surface area contributed by atoms with Crippen LogP contribution in [0.2, 0.25) is 5.02 Å². The van der Waals surface area contributed by atoms with Crippen molar-refractivity contribution < 1.29 is 14.7 Å². The summed E-state index contributed by atoms with van der Waals surface area (Å²) >= 11 is 5.81. The number of carbonyl (C=O) groups is 2. The molecule has 1 fully saturated rings. The second-order valence-corrected chi connectivity index (χ2v) is 4.79. The van der Waals surface area contributed by atoms with E-state index in [4.69, 9.17) is 11.6 Å². The van der Waals surface area contributed by atoms with Crippen LogP contribution in [0.25, 0.3) is 0 Å². The van der Waals surface area contributed by atoms with Crippen molar-refractivity contribution in [1.29, 1.82) is 0 Å². The van der Waals surface area contributed by atoms with Crippen LogP contribution >= 0.6 is 11.6 Å². The van der Waals surface area contributed by atoms with Gasteiger partial charge in [0.1, 0.15) is 5.92 Å². The Kier molecular flexibility index (Phi) is 3.57. The first-order valence-electron chi connectivity index (χ1n) is 5.81. The summed E-state index contributed by atoms with van der Waals surface area (Å²) in [6, 6.07) is 7.01. The number of benzene rings is 1. The number of likely N-dealkylation sites (tertiary alicyclic amines) is 1. The molecule has 5 heteroatoms. The van der Waals surface area contributed by atoms with Gasteiger partial charge in [-0.25, -0.2) is 0 Å². The standard InChI is InChI=1S/C13H14ClNO3/c1-2-15-7-10(11(12(15)16)13(17)18)8-3-5-9(14)6-4-8/h3-6,10-11H,2,7H2,1H3,(H,17,18)/t10-,11-/m0/s1. The Morgan fingerprint density at radius 1 is 1.44 bits per heavy atom. The van der Waals surface area contributed by atoms with Gasteiger partial charge >= 0.3 is 5.97 Å². The molecule has 1 N–H and O–H groups in total. The monoisotopic (exact) mass is 267 g/mol. The number of hydrogen-bond acceptors (Lipinski definition) is 2. The quantitative estimate of drug-likeness (QED) is 0.852. The zero-order chi connectivity index (χ0) is 13.3. The van der Waals surface area contributed by atoms with Crippen molar-refractivity contribution in [2.75, 3.05) is 13.1 Å². The predicted molar refractivity (Wildman–Crippen MR) is 67.6 cm³/mol. The molecule has 0 saturated carbocycles. The third-order valence-electron chi connectivity index (χ3n) is 3.34. The third-order valence-corrected chi connectivity index (χ3v) is 3.60. The fourth-order valence-corrected chi connectivity index (χ4v) is 2.50. The summed E-state index contributed by atoms with van der Waals surface area (Å²) in [4.78, 5) is 24.8. The van der Waals surface area contributed by atoms with Gasteiger partial charge in [0.25, 0.3) is 0 Å². The first-order chi connectivity index (χ1) is 8.54. The zero-order valence-corrected chi connectivity index (χ0v) is 10.7. The van der Waals surface area contributed by atoms with E-state index in [1.807, 2.05) is 6.92 Å². The number of carboxylic acid groups (broad SMARTS) is 1. The summed E-state index contributed by atoms with van der Waals surface area (Å²) in [7, 11) is 0. The molecular formula is C13H14ClNO3. The number of amides is 1.